The van der Waals surface area contributed by atoms with Crippen LogP contribution in [0.4, 0.5) is 5.69 Å². The molecule has 6 nitrogen and oxygen atoms in total. The van der Waals surface area contributed by atoms with Crippen molar-refractivity contribution in [3.8, 4) is 22.2 Å². The van der Waals surface area contributed by atoms with Gasteiger partial charge in [-0.1, -0.05) is 17.3 Å². The summed E-state index contributed by atoms with van der Waals surface area (Å²) >= 11 is 1.50. The second-order valence-electron chi connectivity index (χ2n) is 4.11. The highest BCUT2D eigenvalue weighted by Crippen LogP contribution is 2.30. The van der Waals surface area contributed by atoms with Crippen LogP contribution >= 0.6 is 11.3 Å². The van der Waals surface area contributed by atoms with Crippen molar-refractivity contribution < 1.29 is 9.45 Å². The van der Waals surface area contributed by atoms with E-state index in [4.69, 9.17) is 4.52 Å². The second-order valence-corrected chi connectivity index (χ2v) is 5.05. The molecule has 20 heavy (non-hydrogen) atoms. The lowest BCUT2D eigenvalue weighted by atomic mass is 10.1. The van der Waals surface area contributed by atoms with Gasteiger partial charge in [-0.2, -0.15) is 4.98 Å². The van der Waals surface area contributed by atoms with Gasteiger partial charge in [0.05, 0.1) is 9.80 Å². The van der Waals surface area contributed by atoms with Crippen LogP contribution < -0.4 is 0 Å². The number of hydrogen-bond acceptors (Lipinski definition) is 6. The predicted octanol–water partition coefficient (Wildman–Crippen LogP) is 3.68. The maximum absolute atomic E-state index is 10.9. The zero-order valence-corrected chi connectivity index (χ0v) is 11.3. The summed E-state index contributed by atoms with van der Waals surface area (Å²) in [5.41, 5.74) is 1.13. The van der Waals surface area contributed by atoms with Crippen molar-refractivity contribution >= 4 is 17.0 Å². The molecule has 3 aromatic rings. The van der Waals surface area contributed by atoms with Gasteiger partial charge < -0.3 is 4.52 Å². The van der Waals surface area contributed by atoms with E-state index in [-0.39, 0.29) is 11.6 Å². The first-order valence-corrected chi connectivity index (χ1v) is 6.67. The highest BCUT2D eigenvalue weighted by atomic mass is 32.1. The molecule has 0 aliphatic carbocycles. The highest BCUT2D eigenvalue weighted by Gasteiger charge is 2.19. The van der Waals surface area contributed by atoms with Crippen molar-refractivity contribution in [1.82, 2.24) is 10.1 Å². The number of nitrogens with zero attached hydrogens (tertiary/aromatic N) is 3. The standard InChI is InChI=1S/C13H9N3O3S/c1-8-9(4-2-5-10(8)16(17)18)13-14-12(15-19-13)11-6-3-7-20-11/h2-7H,1H3. The number of benzene rings is 1. The molecule has 2 heterocycles. The summed E-state index contributed by atoms with van der Waals surface area (Å²) in [4.78, 5) is 15.7. The van der Waals surface area contributed by atoms with Crippen LogP contribution in [0.1, 0.15) is 5.56 Å². The third-order valence-corrected chi connectivity index (χ3v) is 3.77. The average Bonchev–Trinajstić information content (AvgIpc) is 3.09. The van der Waals surface area contributed by atoms with Gasteiger partial charge in [0.25, 0.3) is 11.6 Å². The quantitative estimate of drug-likeness (QED) is 0.542. The largest absolute Gasteiger partial charge is 0.334 e. The minimum atomic E-state index is -0.421. The third kappa shape index (κ3) is 2.08. The van der Waals surface area contributed by atoms with Crippen LogP contribution in [-0.4, -0.2) is 15.1 Å². The molecule has 0 amide bonds. The van der Waals surface area contributed by atoms with E-state index in [0.29, 0.717) is 17.0 Å². The van der Waals surface area contributed by atoms with Crippen LogP contribution in [0.3, 0.4) is 0 Å². The van der Waals surface area contributed by atoms with E-state index in [1.165, 1.54) is 17.4 Å². The van der Waals surface area contributed by atoms with Crippen molar-refractivity contribution in [2.45, 2.75) is 6.92 Å². The Hall–Kier alpha value is -2.54. The lowest BCUT2D eigenvalue weighted by molar-refractivity contribution is -0.385. The van der Waals surface area contributed by atoms with Crippen LogP contribution in [0.2, 0.25) is 0 Å². The van der Waals surface area contributed by atoms with E-state index in [1.807, 2.05) is 17.5 Å². The summed E-state index contributed by atoms with van der Waals surface area (Å²) in [7, 11) is 0. The maximum Gasteiger partial charge on any atom is 0.273 e. The molecule has 0 N–H and O–H groups in total. The van der Waals surface area contributed by atoms with Crippen LogP contribution in [0.15, 0.2) is 40.2 Å². The first-order valence-electron chi connectivity index (χ1n) is 5.79. The molecule has 0 bridgehead atoms. The fourth-order valence-corrected chi connectivity index (χ4v) is 2.54. The molecular formula is C13H9N3O3S. The first-order chi connectivity index (χ1) is 9.66. The van der Waals surface area contributed by atoms with Gasteiger partial charge in [-0.15, -0.1) is 11.3 Å². The highest BCUT2D eigenvalue weighted by molar-refractivity contribution is 7.13. The van der Waals surface area contributed by atoms with Crippen molar-refractivity contribution in [2.24, 2.45) is 0 Å². The predicted molar refractivity (Wildman–Crippen MR) is 74.4 cm³/mol. The Labute approximate surface area is 117 Å². The molecule has 1 aromatic carbocycles. The zero-order valence-electron chi connectivity index (χ0n) is 10.4. The Bertz CT molecular complexity index is 765. The fraction of sp³-hybridized carbons (Fsp3) is 0.0769. The lowest BCUT2D eigenvalue weighted by Gasteiger charge is -2.00. The molecule has 0 saturated carbocycles. The van der Waals surface area contributed by atoms with E-state index >= 15 is 0 Å². The summed E-state index contributed by atoms with van der Waals surface area (Å²) in [6, 6.07) is 8.58. The van der Waals surface area contributed by atoms with Gasteiger partial charge in [0.15, 0.2) is 0 Å². The van der Waals surface area contributed by atoms with E-state index in [0.717, 1.165) is 4.88 Å². The Morgan fingerprint density at radius 3 is 2.85 bits per heavy atom. The summed E-state index contributed by atoms with van der Waals surface area (Å²) in [5, 5.41) is 16.8. The summed E-state index contributed by atoms with van der Waals surface area (Å²) in [6.07, 6.45) is 0. The van der Waals surface area contributed by atoms with Crippen molar-refractivity contribution in [1.29, 1.82) is 0 Å². The topological polar surface area (TPSA) is 82.1 Å². The molecule has 0 radical (unpaired) electrons. The van der Waals surface area contributed by atoms with Crippen LogP contribution in [0.25, 0.3) is 22.2 Å². The molecule has 0 fully saturated rings. The molecule has 0 spiro atoms. The second kappa shape index (κ2) is 4.86. The Kier molecular flexibility index (Phi) is 3.03. The molecule has 7 heteroatoms. The molecular weight excluding hydrogens is 278 g/mol. The van der Waals surface area contributed by atoms with Gasteiger partial charge in [0, 0.05) is 17.2 Å². The minimum absolute atomic E-state index is 0.0402. The van der Waals surface area contributed by atoms with Crippen molar-refractivity contribution in [3.63, 3.8) is 0 Å². The molecule has 100 valence electrons. The summed E-state index contributed by atoms with van der Waals surface area (Å²) < 4.78 is 5.21. The summed E-state index contributed by atoms with van der Waals surface area (Å²) in [6.45, 7) is 1.67. The first kappa shape index (κ1) is 12.5. The molecule has 0 saturated heterocycles. The van der Waals surface area contributed by atoms with Crippen LogP contribution in [-0.2, 0) is 0 Å². The van der Waals surface area contributed by atoms with Gasteiger partial charge in [-0.25, -0.2) is 0 Å². The Morgan fingerprint density at radius 1 is 1.30 bits per heavy atom. The van der Waals surface area contributed by atoms with Crippen molar-refractivity contribution in [3.05, 3.63) is 51.4 Å². The Balaban J connectivity index is 2.06. The summed E-state index contributed by atoms with van der Waals surface area (Å²) in [5.74, 6) is 0.774. The fourth-order valence-electron chi connectivity index (χ4n) is 1.89. The number of aromatic nitrogens is 2. The SMILES string of the molecule is Cc1c(-c2nc(-c3cccs3)no2)cccc1[N+](=O)[O-]. The molecule has 0 atom stereocenters. The molecule has 0 unspecified atom stereocenters. The molecule has 0 aliphatic rings. The van der Waals surface area contributed by atoms with E-state index in [9.17, 15) is 10.1 Å². The average molecular weight is 287 g/mol. The number of nitro groups is 1. The van der Waals surface area contributed by atoms with Gasteiger partial charge in [-0.3, -0.25) is 10.1 Å². The third-order valence-electron chi connectivity index (χ3n) is 2.90. The van der Waals surface area contributed by atoms with E-state index in [1.54, 1.807) is 19.1 Å². The smallest absolute Gasteiger partial charge is 0.273 e. The van der Waals surface area contributed by atoms with Crippen LogP contribution in [0.5, 0.6) is 0 Å². The van der Waals surface area contributed by atoms with Crippen LogP contribution in [0, 0.1) is 17.0 Å². The molecule has 0 aliphatic heterocycles. The molecule has 3 rings (SSSR count). The lowest BCUT2D eigenvalue weighted by Crippen LogP contribution is -1.93. The van der Waals surface area contributed by atoms with E-state index < -0.39 is 4.92 Å². The zero-order chi connectivity index (χ0) is 14.1. The number of hydrogen-bond donors (Lipinski definition) is 0. The number of nitro benzene ring substituents is 1. The maximum atomic E-state index is 10.9. The minimum Gasteiger partial charge on any atom is -0.334 e. The van der Waals surface area contributed by atoms with Gasteiger partial charge in [0.2, 0.25) is 5.82 Å². The number of rotatable bonds is 3. The molecule has 2 aromatic heterocycles. The van der Waals surface area contributed by atoms with Gasteiger partial charge in [-0.05, 0) is 24.4 Å². The van der Waals surface area contributed by atoms with Gasteiger partial charge in [0.1, 0.15) is 0 Å². The van der Waals surface area contributed by atoms with Gasteiger partial charge >= 0.3 is 0 Å². The van der Waals surface area contributed by atoms with Crippen molar-refractivity contribution in [2.75, 3.05) is 0 Å². The monoisotopic (exact) mass is 287 g/mol. The van der Waals surface area contributed by atoms with E-state index in [2.05, 4.69) is 10.1 Å². The number of thiophene rings is 1. The Morgan fingerprint density at radius 2 is 2.15 bits per heavy atom. The normalized spacial score (nSPS) is 10.7.